The minimum Gasteiger partial charge on any atom is -0.494 e. The summed E-state index contributed by atoms with van der Waals surface area (Å²) in [5.74, 6) is 1.40. The van der Waals surface area contributed by atoms with Gasteiger partial charge in [-0.2, -0.15) is 0 Å². The number of amides is 1. The van der Waals surface area contributed by atoms with Gasteiger partial charge in [0.1, 0.15) is 17.6 Å². The number of rotatable bonds is 8. The Balaban J connectivity index is 1.46. The maximum absolute atomic E-state index is 12.6. The van der Waals surface area contributed by atoms with Crippen LogP contribution in [0.15, 0.2) is 53.1 Å². The number of aliphatic hydroxyl groups is 1. The summed E-state index contributed by atoms with van der Waals surface area (Å²) in [5.41, 5.74) is 0. The smallest absolute Gasteiger partial charge is 0.223 e. The first-order chi connectivity index (χ1) is 12.7. The van der Waals surface area contributed by atoms with E-state index in [2.05, 4.69) is 0 Å². The molecule has 2 heterocycles. The molecule has 0 bridgehead atoms. The van der Waals surface area contributed by atoms with E-state index in [4.69, 9.17) is 13.9 Å². The predicted molar refractivity (Wildman–Crippen MR) is 95.8 cm³/mol. The van der Waals surface area contributed by atoms with Crippen LogP contribution in [0.2, 0.25) is 0 Å². The van der Waals surface area contributed by atoms with Gasteiger partial charge in [0.15, 0.2) is 0 Å². The first-order valence-corrected chi connectivity index (χ1v) is 9.00. The molecule has 1 aliphatic heterocycles. The molecule has 26 heavy (non-hydrogen) atoms. The zero-order valence-electron chi connectivity index (χ0n) is 14.8. The highest BCUT2D eigenvalue weighted by molar-refractivity contribution is 5.76. The summed E-state index contributed by atoms with van der Waals surface area (Å²) in [6.07, 6.45) is 2.26. The van der Waals surface area contributed by atoms with E-state index in [1.165, 1.54) is 6.26 Å². The second-order valence-electron chi connectivity index (χ2n) is 6.35. The van der Waals surface area contributed by atoms with Crippen molar-refractivity contribution in [3.8, 4) is 5.75 Å². The van der Waals surface area contributed by atoms with Crippen LogP contribution in [0.4, 0.5) is 0 Å². The van der Waals surface area contributed by atoms with Gasteiger partial charge in [0, 0.05) is 19.4 Å². The number of para-hydroxylation sites is 1. The van der Waals surface area contributed by atoms with Crippen LogP contribution in [0.1, 0.15) is 31.1 Å². The van der Waals surface area contributed by atoms with E-state index in [9.17, 15) is 9.90 Å². The van der Waals surface area contributed by atoms with E-state index < -0.39 is 6.10 Å². The van der Waals surface area contributed by atoms with E-state index in [0.29, 0.717) is 51.4 Å². The van der Waals surface area contributed by atoms with Crippen molar-refractivity contribution in [3.05, 3.63) is 54.5 Å². The van der Waals surface area contributed by atoms with Crippen LogP contribution in [0.3, 0.4) is 0 Å². The van der Waals surface area contributed by atoms with Gasteiger partial charge in [-0.3, -0.25) is 4.79 Å². The number of ether oxygens (including phenoxy) is 2. The standard InChI is InChI=1S/C20H25NO5/c22-18(19-8-4-12-26-19)14-16-15-24-13-10-21(16)20(23)9-5-11-25-17-6-2-1-3-7-17/h1-4,6-8,12,16,18,22H,5,9-11,13-15H2/t16-,18+/m1/s1. The minimum absolute atomic E-state index is 0.0709. The Labute approximate surface area is 153 Å². The van der Waals surface area contributed by atoms with Crippen molar-refractivity contribution >= 4 is 5.91 Å². The van der Waals surface area contributed by atoms with Crippen LogP contribution < -0.4 is 4.74 Å². The summed E-state index contributed by atoms with van der Waals surface area (Å²) in [5, 5.41) is 10.3. The SMILES string of the molecule is O=C(CCCOc1ccccc1)N1CCOC[C@H]1C[C@H](O)c1ccco1. The van der Waals surface area contributed by atoms with Gasteiger partial charge in [-0.05, 0) is 30.7 Å². The van der Waals surface area contributed by atoms with Gasteiger partial charge < -0.3 is 23.9 Å². The first kappa shape index (κ1) is 18.5. The second-order valence-corrected chi connectivity index (χ2v) is 6.35. The Bertz CT molecular complexity index is 658. The van der Waals surface area contributed by atoms with E-state index >= 15 is 0 Å². The Kier molecular flexibility index (Phi) is 6.68. The number of nitrogens with zero attached hydrogens (tertiary/aromatic N) is 1. The molecule has 0 unspecified atom stereocenters. The molecule has 0 saturated carbocycles. The van der Waals surface area contributed by atoms with Gasteiger partial charge in [-0.25, -0.2) is 0 Å². The third-order valence-electron chi connectivity index (χ3n) is 4.46. The molecule has 1 amide bonds. The van der Waals surface area contributed by atoms with Crippen molar-refractivity contribution in [2.24, 2.45) is 0 Å². The van der Waals surface area contributed by atoms with Crippen molar-refractivity contribution in [2.45, 2.75) is 31.4 Å². The molecule has 0 aliphatic carbocycles. The molecule has 3 rings (SSSR count). The summed E-state index contributed by atoms with van der Waals surface area (Å²) < 4.78 is 16.4. The Hall–Kier alpha value is -2.31. The molecule has 6 heteroatoms. The fourth-order valence-corrected chi connectivity index (χ4v) is 3.11. The van der Waals surface area contributed by atoms with Crippen LogP contribution in [-0.4, -0.2) is 48.3 Å². The molecule has 1 aromatic carbocycles. The van der Waals surface area contributed by atoms with Crippen molar-refractivity contribution < 1.29 is 23.8 Å². The average molecular weight is 359 g/mol. The highest BCUT2D eigenvalue weighted by Crippen LogP contribution is 2.23. The normalized spacial score (nSPS) is 18.5. The number of hydrogen-bond donors (Lipinski definition) is 1. The first-order valence-electron chi connectivity index (χ1n) is 9.00. The molecule has 0 spiro atoms. The van der Waals surface area contributed by atoms with Gasteiger partial charge in [0.05, 0.1) is 32.1 Å². The molecule has 6 nitrogen and oxygen atoms in total. The molecule has 1 N–H and O–H groups in total. The van der Waals surface area contributed by atoms with Crippen molar-refractivity contribution in [1.29, 1.82) is 0 Å². The molecule has 140 valence electrons. The van der Waals surface area contributed by atoms with E-state index in [1.54, 1.807) is 12.1 Å². The fourth-order valence-electron chi connectivity index (χ4n) is 3.11. The average Bonchev–Trinajstić information content (AvgIpc) is 3.21. The molecular formula is C20H25NO5. The highest BCUT2D eigenvalue weighted by atomic mass is 16.5. The molecule has 2 atom stereocenters. The molecule has 1 saturated heterocycles. The lowest BCUT2D eigenvalue weighted by Gasteiger charge is -2.36. The Morgan fingerprint density at radius 1 is 1.27 bits per heavy atom. The summed E-state index contributed by atoms with van der Waals surface area (Å²) >= 11 is 0. The largest absolute Gasteiger partial charge is 0.494 e. The van der Waals surface area contributed by atoms with Gasteiger partial charge in [-0.15, -0.1) is 0 Å². The molecule has 1 fully saturated rings. The van der Waals surface area contributed by atoms with Crippen LogP contribution in [0.25, 0.3) is 0 Å². The second kappa shape index (κ2) is 9.40. The van der Waals surface area contributed by atoms with Crippen LogP contribution in [0, 0.1) is 0 Å². The third-order valence-corrected chi connectivity index (χ3v) is 4.46. The predicted octanol–water partition coefficient (Wildman–Crippen LogP) is 2.79. The number of carbonyl (C=O) groups excluding carboxylic acids is 1. The van der Waals surface area contributed by atoms with Crippen LogP contribution in [-0.2, 0) is 9.53 Å². The van der Waals surface area contributed by atoms with Gasteiger partial charge >= 0.3 is 0 Å². The maximum Gasteiger partial charge on any atom is 0.223 e. The van der Waals surface area contributed by atoms with Gasteiger partial charge in [-0.1, -0.05) is 18.2 Å². The van der Waals surface area contributed by atoms with Crippen molar-refractivity contribution in [3.63, 3.8) is 0 Å². The summed E-state index contributed by atoms with van der Waals surface area (Å²) in [6, 6.07) is 12.9. The number of benzene rings is 1. The quantitative estimate of drug-likeness (QED) is 0.734. The van der Waals surface area contributed by atoms with Crippen molar-refractivity contribution in [2.75, 3.05) is 26.4 Å². The van der Waals surface area contributed by atoms with Crippen LogP contribution in [0.5, 0.6) is 5.75 Å². The minimum atomic E-state index is -0.742. The lowest BCUT2D eigenvalue weighted by Crippen LogP contribution is -2.49. The van der Waals surface area contributed by atoms with Crippen molar-refractivity contribution in [1.82, 2.24) is 4.90 Å². The Morgan fingerprint density at radius 3 is 2.88 bits per heavy atom. The number of morpholine rings is 1. The molecular weight excluding hydrogens is 334 g/mol. The topological polar surface area (TPSA) is 72.1 Å². The molecule has 1 aromatic heterocycles. The third kappa shape index (κ3) is 5.09. The maximum atomic E-state index is 12.6. The van der Waals surface area contributed by atoms with E-state index in [-0.39, 0.29) is 11.9 Å². The zero-order chi connectivity index (χ0) is 18.2. The fraction of sp³-hybridized carbons (Fsp3) is 0.450. The molecule has 2 aromatic rings. The summed E-state index contributed by atoms with van der Waals surface area (Å²) in [7, 11) is 0. The van der Waals surface area contributed by atoms with E-state index in [0.717, 1.165) is 5.75 Å². The molecule has 0 radical (unpaired) electrons. The number of carbonyl (C=O) groups is 1. The number of hydrogen-bond acceptors (Lipinski definition) is 5. The lowest BCUT2D eigenvalue weighted by molar-refractivity contribution is -0.141. The van der Waals surface area contributed by atoms with Gasteiger partial charge in [0.2, 0.25) is 5.91 Å². The number of aliphatic hydroxyl groups excluding tert-OH is 1. The highest BCUT2D eigenvalue weighted by Gasteiger charge is 2.29. The lowest BCUT2D eigenvalue weighted by atomic mass is 10.0. The Morgan fingerprint density at radius 2 is 2.12 bits per heavy atom. The zero-order valence-corrected chi connectivity index (χ0v) is 14.8. The summed E-state index contributed by atoms with van der Waals surface area (Å²) in [6.45, 7) is 2.01. The van der Waals surface area contributed by atoms with Gasteiger partial charge in [0.25, 0.3) is 0 Å². The van der Waals surface area contributed by atoms with E-state index in [1.807, 2.05) is 35.2 Å². The van der Waals surface area contributed by atoms with Crippen LogP contribution >= 0.6 is 0 Å². The monoisotopic (exact) mass is 359 g/mol. The number of furan rings is 1. The summed E-state index contributed by atoms with van der Waals surface area (Å²) in [4.78, 5) is 14.4. The molecule has 1 aliphatic rings.